The van der Waals surface area contributed by atoms with Crippen molar-refractivity contribution in [2.45, 2.75) is 10.9 Å². The Kier molecular flexibility index (Phi) is 3.98. The van der Waals surface area contributed by atoms with E-state index in [2.05, 4.69) is 9.97 Å². The molecule has 0 bridgehead atoms. The lowest BCUT2D eigenvalue weighted by molar-refractivity contribution is 0.502. The molecule has 0 aliphatic carbocycles. The molecule has 1 aromatic carbocycles. The lowest BCUT2D eigenvalue weighted by Gasteiger charge is -2.04. The van der Waals surface area contributed by atoms with Crippen molar-refractivity contribution >= 4 is 29.2 Å². The third-order valence-electron chi connectivity index (χ3n) is 2.08. The van der Waals surface area contributed by atoms with Gasteiger partial charge in [-0.2, -0.15) is 0 Å². The van der Waals surface area contributed by atoms with Crippen molar-refractivity contribution in [3.8, 4) is 0 Å². The molecule has 2 N–H and O–H groups in total. The number of aromatic nitrogens is 2. The standard InChI is InChI=1S/C11H8ClF2N3S/c12-8-4-9(15)17-11(16-8)18-5-6-2-1-3-7(13)10(6)14/h1-4H,5H2,(H2,15,16,17). The maximum absolute atomic E-state index is 13.4. The largest absolute Gasteiger partial charge is 0.384 e. The van der Waals surface area contributed by atoms with Crippen molar-refractivity contribution < 1.29 is 8.78 Å². The highest BCUT2D eigenvalue weighted by atomic mass is 35.5. The number of nitrogen functional groups attached to an aromatic ring is 1. The van der Waals surface area contributed by atoms with Gasteiger partial charge in [-0.05, 0) is 6.07 Å². The molecule has 0 saturated carbocycles. The first-order valence-electron chi connectivity index (χ1n) is 4.92. The van der Waals surface area contributed by atoms with Crippen molar-refractivity contribution in [3.63, 3.8) is 0 Å². The average Bonchev–Trinajstić information content (AvgIpc) is 2.30. The number of nitrogens with zero attached hydrogens (tertiary/aromatic N) is 2. The Balaban J connectivity index is 2.14. The third-order valence-corrected chi connectivity index (χ3v) is 3.17. The van der Waals surface area contributed by atoms with Gasteiger partial charge in [-0.1, -0.05) is 35.5 Å². The van der Waals surface area contributed by atoms with Gasteiger partial charge in [0.15, 0.2) is 16.8 Å². The zero-order chi connectivity index (χ0) is 13.1. The van der Waals surface area contributed by atoms with Crippen molar-refractivity contribution in [2.24, 2.45) is 0 Å². The fourth-order valence-electron chi connectivity index (χ4n) is 1.28. The molecule has 18 heavy (non-hydrogen) atoms. The van der Waals surface area contributed by atoms with E-state index in [1.165, 1.54) is 18.2 Å². The van der Waals surface area contributed by atoms with E-state index in [1.807, 2.05) is 0 Å². The summed E-state index contributed by atoms with van der Waals surface area (Å²) in [4.78, 5) is 7.85. The number of rotatable bonds is 3. The first-order chi connectivity index (χ1) is 8.56. The molecule has 0 atom stereocenters. The van der Waals surface area contributed by atoms with Crippen LogP contribution in [0.15, 0.2) is 29.4 Å². The topological polar surface area (TPSA) is 51.8 Å². The normalized spacial score (nSPS) is 10.6. The minimum Gasteiger partial charge on any atom is -0.384 e. The summed E-state index contributed by atoms with van der Waals surface area (Å²) in [5.41, 5.74) is 5.74. The predicted molar refractivity (Wildman–Crippen MR) is 67.4 cm³/mol. The van der Waals surface area contributed by atoms with Crippen LogP contribution in [-0.2, 0) is 5.75 Å². The third kappa shape index (κ3) is 3.08. The molecular weight excluding hydrogens is 280 g/mol. The van der Waals surface area contributed by atoms with Gasteiger partial charge in [0.25, 0.3) is 0 Å². The Morgan fingerprint density at radius 3 is 2.78 bits per heavy atom. The smallest absolute Gasteiger partial charge is 0.191 e. The van der Waals surface area contributed by atoms with E-state index in [4.69, 9.17) is 17.3 Å². The summed E-state index contributed by atoms with van der Waals surface area (Å²) in [6, 6.07) is 5.42. The van der Waals surface area contributed by atoms with Crippen molar-refractivity contribution in [1.29, 1.82) is 0 Å². The van der Waals surface area contributed by atoms with E-state index in [0.717, 1.165) is 17.8 Å². The quantitative estimate of drug-likeness (QED) is 0.535. The summed E-state index contributed by atoms with van der Waals surface area (Å²) in [6.07, 6.45) is 0. The van der Waals surface area contributed by atoms with Gasteiger partial charge >= 0.3 is 0 Å². The van der Waals surface area contributed by atoms with E-state index in [0.29, 0.717) is 5.16 Å². The lowest BCUT2D eigenvalue weighted by Crippen LogP contribution is -1.96. The molecule has 0 saturated heterocycles. The molecular formula is C11H8ClF2N3S. The van der Waals surface area contributed by atoms with Crippen molar-refractivity contribution in [2.75, 3.05) is 5.73 Å². The zero-order valence-corrected chi connectivity index (χ0v) is 10.6. The first-order valence-corrected chi connectivity index (χ1v) is 6.28. The Bertz CT molecular complexity index is 560. The van der Waals surface area contributed by atoms with Gasteiger partial charge in [0.2, 0.25) is 0 Å². The van der Waals surface area contributed by atoms with Crippen molar-refractivity contribution in [3.05, 3.63) is 46.6 Å². The molecule has 0 spiro atoms. The van der Waals surface area contributed by atoms with Gasteiger partial charge in [-0.25, -0.2) is 18.7 Å². The number of hydrogen-bond donors (Lipinski definition) is 1. The van der Waals surface area contributed by atoms with E-state index < -0.39 is 11.6 Å². The van der Waals surface area contributed by atoms with Crippen LogP contribution >= 0.6 is 23.4 Å². The number of hydrogen-bond acceptors (Lipinski definition) is 4. The SMILES string of the molecule is Nc1cc(Cl)nc(SCc2cccc(F)c2F)n1. The first kappa shape index (κ1) is 13.0. The molecule has 0 fully saturated rings. The molecule has 0 unspecified atom stereocenters. The summed E-state index contributed by atoms with van der Waals surface area (Å²) in [7, 11) is 0. The van der Waals surface area contributed by atoms with Crippen LogP contribution in [0.3, 0.4) is 0 Å². The Hall–Kier alpha value is -1.40. The number of halogens is 3. The minimum absolute atomic E-state index is 0.198. The lowest BCUT2D eigenvalue weighted by atomic mass is 10.2. The zero-order valence-electron chi connectivity index (χ0n) is 9.03. The second-order valence-corrected chi connectivity index (χ2v) is 4.73. The number of thioether (sulfide) groups is 1. The Labute approximate surface area is 111 Å². The maximum Gasteiger partial charge on any atom is 0.191 e. The Morgan fingerprint density at radius 1 is 1.28 bits per heavy atom. The van der Waals surface area contributed by atoms with Crippen LogP contribution in [0.1, 0.15) is 5.56 Å². The van der Waals surface area contributed by atoms with E-state index in [9.17, 15) is 8.78 Å². The van der Waals surface area contributed by atoms with E-state index in [-0.39, 0.29) is 22.3 Å². The molecule has 0 radical (unpaired) electrons. The fraction of sp³-hybridized carbons (Fsp3) is 0.0909. The molecule has 1 heterocycles. The highest BCUT2D eigenvalue weighted by Gasteiger charge is 2.09. The molecule has 2 rings (SSSR count). The van der Waals surface area contributed by atoms with Crippen LogP contribution in [-0.4, -0.2) is 9.97 Å². The molecule has 3 nitrogen and oxygen atoms in total. The van der Waals surface area contributed by atoms with E-state index >= 15 is 0 Å². The van der Waals surface area contributed by atoms with Gasteiger partial charge in [0, 0.05) is 17.4 Å². The van der Waals surface area contributed by atoms with Gasteiger partial charge < -0.3 is 5.73 Å². The van der Waals surface area contributed by atoms with Crippen molar-refractivity contribution in [1.82, 2.24) is 9.97 Å². The molecule has 1 aromatic heterocycles. The summed E-state index contributed by atoms with van der Waals surface area (Å²) in [6.45, 7) is 0. The number of anilines is 1. The number of nitrogens with two attached hydrogens (primary N) is 1. The van der Waals surface area contributed by atoms with Gasteiger partial charge in [0.05, 0.1) is 0 Å². The monoisotopic (exact) mass is 287 g/mol. The molecule has 94 valence electrons. The second kappa shape index (κ2) is 5.49. The molecule has 2 aromatic rings. The van der Waals surface area contributed by atoms with Crippen LogP contribution in [0.5, 0.6) is 0 Å². The summed E-state index contributed by atoms with van der Waals surface area (Å²) < 4.78 is 26.4. The highest BCUT2D eigenvalue weighted by Crippen LogP contribution is 2.24. The average molecular weight is 288 g/mol. The maximum atomic E-state index is 13.4. The van der Waals surface area contributed by atoms with Gasteiger partial charge in [-0.15, -0.1) is 0 Å². The molecule has 7 heteroatoms. The summed E-state index contributed by atoms with van der Waals surface area (Å²) in [5.74, 6) is -1.31. The fourth-order valence-corrected chi connectivity index (χ4v) is 2.36. The highest BCUT2D eigenvalue weighted by molar-refractivity contribution is 7.98. The van der Waals surface area contributed by atoms with Crippen LogP contribution in [0.25, 0.3) is 0 Å². The van der Waals surface area contributed by atoms with E-state index in [1.54, 1.807) is 0 Å². The minimum atomic E-state index is -0.875. The van der Waals surface area contributed by atoms with Gasteiger partial charge in [0.1, 0.15) is 11.0 Å². The Morgan fingerprint density at radius 2 is 2.06 bits per heavy atom. The predicted octanol–water partition coefficient (Wildman–Crippen LogP) is 3.28. The van der Waals surface area contributed by atoms with Crippen LogP contribution in [0, 0.1) is 11.6 Å². The second-order valence-electron chi connectivity index (χ2n) is 3.40. The molecule has 0 aliphatic heterocycles. The van der Waals surface area contributed by atoms with Crippen LogP contribution < -0.4 is 5.73 Å². The van der Waals surface area contributed by atoms with Crippen LogP contribution in [0.4, 0.5) is 14.6 Å². The summed E-state index contributed by atoms with van der Waals surface area (Å²) in [5, 5.41) is 0.536. The summed E-state index contributed by atoms with van der Waals surface area (Å²) >= 11 is 6.84. The molecule has 0 aliphatic rings. The van der Waals surface area contributed by atoms with Gasteiger partial charge in [-0.3, -0.25) is 0 Å². The van der Waals surface area contributed by atoms with Crippen LogP contribution in [0.2, 0.25) is 5.15 Å². The number of benzene rings is 1. The molecule has 0 amide bonds.